The molecule has 0 radical (unpaired) electrons. The maximum atomic E-state index is 13.6. The number of nitrogens with one attached hydrogen (secondary N) is 1. The average Bonchev–Trinajstić information content (AvgIpc) is 3.57. The fourth-order valence-corrected chi connectivity index (χ4v) is 4.61. The van der Waals surface area contributed by atoms with Crippen LogP contribution in [-0.4, -0.2) is 56.9 Å². The molecule has 0 bridgehead atoms. The predicted molar refractivity (Wildman–Crippen MR) is 134 cm³/mol. The Morgan fingerprint density at radius 1 is 1.28 bits per heavy atom. The third-order valence-corrected chi connectivity index (χ3v) is 6.90. The van der Waals surface area contributed by atoms with Crippen LogP contribution in [0.3, 0.4) is 0 Å². The van der Waals surface area contributed by atoms with Crippen molar-refractivity contribution < 1.29 is 14.3 Å². The van der Waals surface area contributed by atoms with Crippen molar-refractivity contribution in [3.05, 3.63) is 46.9 Å². The summed E-state index contributed by atoms with van der Waals surface area (Å²) in [5.74, 6) is 2.67. The van der Waals surface area contributed by atoms with E-state index in [1.165, 1.54) is 7.05 Å². The molecule has 0 saturated carbocycles. The van der Waals surface area contributed by atoms with E-state index in [1.54, 1.807) is 11.0 Å². The number of hydrogen-bond acceptors (Lipinski definition) is 8. The lowest BCUT2D eigenvalue weighted by atomic mass is 10.1. The van der Waals surface area contributed by atoms with Gasteiger partial charge < -0.3 is 19.5 Å². The lowest BCUT2D eigenvalue weighted by Crippen LogP contribution is -2.27. The first kappa shape index (κ1) is 23.7. The molecule has 5 rings (SSSR count). The fraction of sp³-hybridized carbons (Fsp3) is 0.440. The average molecular weight is 491 g/mol. The molecule has 188 valence electrons. The van der Waals surface area contributed by atoms with Crippen LogP contribution >= 0.6 is 0 Å². The van der Waals surface area contributed by atoms with Crippen LogP contribution in [0.15, 0.2) is 24.3 Å². The number of aryl methyl sites for hydroxylation is 1. The number of rotatable bonds is 6. The van der Waals surface area contributed by atoms with Gasteiger partial charge in [0.15, 0.2) is 5.82 Å². The number of fused-ring (bicyclic) bond motifs is 2. The maximum Gasteiger partial charge on any atom is 0.407 e. The normalized spacial score (nSPS) is 16.3. The van der Waals surface area contributed by atoms with Gasteiger partial charge in [0.1, 0.15) is 29.8 Å². The van der Waals surface area contributed by atoms with E-state index in [1.807, 2.05) is 44.0 Å². The number of hydrogen-bond donors (Lipinski definition) is 1. The van der Waals surface area contributed by atoms with Crippen molar-refractivity contribution in [2.24, 2.45) is 0 Å². The number of carbonyl (C=O) groups is 2. The molecular weight excluding hydrogens is 460 g/mol. The van der Waals surface area contributed by atoms with Gasteiger partial charge in [0.05, 0.1) is 17.8 Å². The van der Waals surface area contributed by atoms with Crippen molar-refractivity contribution in [3.63, 3.8) is 0 Å². The van der Waals surface area contributed by atoms with E-state index in [2.05, 4.69) is 27.0 Å². The van der Waals surface area contributed by atoms with Gasteiger partial charge in [-0.3, -0.25) is 9.69 Å². The van der Waals surface area contributed by atoms with E-state index >= 15 is 0 Å². The van der Waals surface area contributed by atoms with Gasteiger partial charge in [0, 0.05) is 38.2 Å². The minimum Gasteiger partial charge on any atom is -0.443 e. The molecule has 1 N–H and O–H groups in total. The summed E-state index contributed by atoms with van der Waals surface area (Å²) < 4.78 is 7.42. The van der Waals surface area contributed by atoms with Gasteiger partial charge in [-0.1, -0.05) is 6.07 Å². The summed E-state index contributed by atoms with van der Waals surface area (Å²) in [6.45, 7) is 6.47. The zero-order valence-corrected chi connectivity index (χ0v) is 21.1. The van der Waals surface area contributed by atoms with Gasteiger partial charge in [-0.2, -0.15) is 0 Å². The van der Waals surface area contributed by atoms with Crippen molar-refractivity contribution in [1.29, 1.82) is 0 Å². The third kappa shape index (κ3) is 4.04. The van der Waals surface area contributed by atoms with Crippen LogP contribution in [-0.2, 0) is 24.3 Å². The molecule has 3 aromatic rings. The van der Waals surface area contributed by atoms with E-state index < -0.39 is 6.09 Å². The first-order valence-electron chi connectivity index (χ1n) is 12.1. The SMILES string of the molecule is CNC(=O)OCc1nc(N(C)C(C)C)cc2c1CN(c1cccc(-c3nnc4n3C(C)CC4)n1)C2=O. The number of nitrogens with zero attached hydrogens (tertiary/aromatic N) is 7. The van der Waals surface area contributed by atoms with E-state index in [-0.39, 0.29) is 25.1 Å². The van der Waals surface area contributed by atoms with E-state index in [4.69, 9.17) is 14.7 Å². The van der Waals surface area contributed by atoms with Crippen LogP contribution in [0.5, 0.6) is 0 Å². The number of amides is 2. The van der Waals surface area contributed by atoms with Gasteiger partial charge >= 0.3 is 6.09 Å². The van der Waals surface area contributed by atoms with Gasteiger partial charge in [-0.15, -0.1) is 10.2 Å². The Morgan fingerprint density at radius 2 is 2.08 bits per heavy atom. The Kier molecular flexibility index (Phi) is 6.07. The van der Waals surface area contributed by atoms with Crippen LogP contribution in [0.2, 0.25) is 0 Å². The Balaban J connectivity index is 1.50. The Labute approximate surface area is 209 Å². The number of pyridine rings is 2. The Morgan fingerprint density at radius 3 is 2.83 bits per heavy atom. The van der Waals surface area contributed by atoms with Crippen LogP contribution in [0.25, 0.3) is 11.5 Å². The van der Waals surface area contributed by atoms with E-state index in [0.29, 0.717) is 40.5 Å². The third-order valence-electron chi connectivity index (χ3n) is 6.90. The highest BCUT2D eigenvalue weighted by atomic mass is 16.5. The summed E-state index contributed by atoms with van der Waals surface area (Å²) in [6, 6.07) is 7.85. The monoisotopic (exact) mass is 490 g/mol. The molecule has 3 aromatic heterocycles. The minimum atomic E-state index is -0.557. The number of ether oxygens (including phenoxy) is 1. The summed E-state index contributed by atoms with van der Waals surface area (Å²) in [5, 5.41) is 11.1. The highest BCUT2D eigenvalue weighted by Crippen LogP contribution is 2.34. The molecule has 11 nitrogen and oxygen atoms in total. The molecule has 11 heteroatoms. The highest BCUT2D eigenvalue weighted by Gasteiger charge is 2.34. The van der Waals surface area contributed by atoms with Crippen LogP contribution < -0.4 is 15.1 Å². The molecule has 5 heterocycles. The van der Waals surface area contributed by atoms with Crippen LogP contribution in [0, 0.1) is 0 Å². The predicted octanol–water partition coefficient (Wildman–Crippen LogP) is 3.10. The van der Waals surface area contributed by atoms with Crippen LogP contribution in [0.4, 0.5) is 16.4 Å². The molecule has 1 unspecified atom stereocenters. The smallest absolute Gasteiger partial charge is 0.407 e. The number of carbonyl (C=O) groups excluding carboxylic acids is 2. The zero-order chi connectivity index (χ0) is 25.6. The first-order chi connectivity index (χ1) is 17.3. The molecule has 0 aliphatic carbocycles. The molecule has 2 aliphatic rings. The first-order valence-corrected chi connectivity index (χ1v) is 12.1. The quantitative estimate of drug-likeness (QED) is 0.560. The lowest BCUT2D eigenvalue weighted by molar-refractivity contribution is 0.0996. The summed E-state index contributed by atoms with van der Waals surface area (Å²) in [7, 11) is 3.42. The number of aromatic nitrogens is 5. The molecule has 36 heavy (non-hydrogen) atoms. The minimum absolute atomic E-state index is 0.0415. The summed E-state index contributed by atoms with van der Waals surface area (Å²) in [5.41, 5.74) is 2.49. The zero-order valence-electron chi connectivity index (χ0n) is 21.1. The molecule has 2 amide bonds. The van der Waals surface area contributed by atoms with Gasteiger partial charge in [0.25, 0.3) is 5.91 Å². The van der Waals surface area contributed by atoms with Crippen molar-refractivity contribution in [1.82, 2.24) is 30.0 Å². The van der Waals surface area contributed by atoms with Crippen molar-refractivity contribution in [2.45, 2.75) is 58.8 Å². The topological polar surface area (TPSA) is 118 Å². The van der Waals surface area contributed by atoms with Crippen LogP contribution in [0.1, 0.15) is 60.7 Å². The Bertz CT molecular complexity index is 1330. The molecule has 0 saturated heterocycles. The summed E-state index contributed by atoms with van der Waals surface area (Å²) in [6.07, 6.45) is 1.37. The Hall–Kier alpha value is -4.02. The second-order valence-electron chi connectivity index (χ2n) is 9.45. The van der Waals surface area contributed by atoms with Gasteiger partial charge in [-0.05, 0) is 45.4 Å². The summed E-state index contributed by atoms with van der Waals surface area (Å²) in [4.78, 5) is 38.5. The largest absolute Gasteiger partial charge is 0.443 e. The highest BCUT2D eigenvalue weighted by molar-refractivity contribution is 6.10. The molecule has 0 fully saturated rings. The van der Waals surface area contributed by atoms with Crippen molar-refractivity contribution >= 4 is 23.6 Å². The number of anilines is 2. The van der Waals surface area contributed by atoms with E-state index in [9.17, 15) is 9.59 Å². The second kappa shape index (κ2) is 9.21. The molecule has 2 aliphatic heterocycles. The maximum absolute atomic E-state index is 13.6. The fourth-order valence-electron chi connectivity index (χ4n) is 4.61. The molecule has 1 atom stereocenters. The van der Waals surface area contributed by atoms with Gasteiger partial charge in [0.2, 0.25) is 0 Å². The molecule has 0 spiro atoms. The van der Waals surface area contributed by atoms with Gasteiger partial charge in [-0.25, -0.2) is 14.8 Å². The standard InChI is InChI=1S/C25H30N8O3/c1-14(2)31(5)22-11-16-17(19(28-22)13-36-25(35)26-4)12-32(24(16)34)20-8-6-7-18(27-20)23-30-29-21-10-9-15(3)33(21)23/h6-8,11,14-15H,9-10,12-13H2,1-5H3,(H,26,35). The molecule has 0 aromatic carbocycles. The van der Waals surface area contributed by atoms with Crippen molar-refractivity contribution in [2.75, 3.05) is 23.9 Å². The van der Waals surface area contributed by atoms with E-state index in [0.717, 1.165) is 24.2 Å². The van der Waals surface area contributed by atoms with Crippen molar-refractivity contribution in [3.8, 4) is 11.5 Å². The second-order valence-corrected chi connectivity index (χ2v) is 9.45. The lowest BCUT2D eigenvalue weighted by Gasteiger charge is -2.23. The summed E-state index contributed by atoms with van der Waals surface area (Å²) >= 11 is 0. The molecular formula is C25H30N8O3. The number of alkyl carbamates (subject to hydrolysis) is 1.